The normalized spacial score (nSPS) is 23.0. The van der Waals surface area contributed by atoms with E-state index in [4.69, 9.17) is 5.73 Å². The third-order valence-corrected chi connectivity index (χ3v) is 6.43. The molecule has 174 valence electrons. The van der Waals surface area contributed by atoms with E-state index in [9.17, 15) is 13.9 Å². The number of aromatic amines is 1. The van der Waals surface area contributed by atoms with E-state index in [1.807, 2.05) is 6.07 Å². The first-order chi connectivity index (χ1) is 15.9. The highest BCUT2D eigenvalue weighted by molar-refractivity contribution is 5.73. The molecule has 10 heteroatoms. The van der Waals surface area contributed by atoms with E-state index in [0.29, 0.717) is 36.5 Å². The molecule has 2 aliphatic rings. The maximum absolute atomic E-state index is 13.9. The van der Waals surface area contributed by atoms with E-state index in [1.54, 1.807) is 30.7 Å². The monoisotopic (exact) mass is 455 g/mol. The van der Waals surface area contributed by atoms with Crippen molar-refractivity contribution in [2.75, 3.05) is 4.90 Å². The molecule has 1 aromatic carbocycles. The summed E-state index contributed by atoms with van der Waals surface area (Å²) in [6, 6.07) is 5.03. The first-order valence-corrected chi connectivity index (χ1v) is 11.3. The number of anilines is 1. The molecule has 8 nitrogen and oxygen atoms in total. The Morgan fingerprint density at radius 2 is 1.94 bits per heavy atom. The molecule has 0 saturated heterocycles. The largest absolute Gasteiger partial charge is 0.507 e. The minimum absolute atomic E-state index is 0.0129. The Morgan fingerprint density at radius 1 is 1.09 bits per heavy atom. The Kier molecular flexibility index (Phi) is 5.69. The first-order valence-electron chi connectivity index (χ1n) is 11.3. The number of nitrogens with two attached hydrogens (primary N) is 1. The summed E-state index contributed by atoms with van der Waals surface area (Å²) < 4.78 is 27.8. The van der Waals surface area contributed by atoms with Gasteiger partial charge in [-0.25, -0.2) is 13.8 Å². The molecule has 2 fully saturated rings. The molecule has 3 aromatic rings. The molecule has 0 radical (unpaired) electrons. The Bertz CT molecular complexity index is 1090. The van der Waals surface area contributed by atoms with E-state index in [0.717, 1.165) is 24.0 Å². The van der Waals surface area contributed by atoms with Crippen molar-refractivity contribution in [3.05, 3.63) is 36.8 Å². The molecule has 0 bridgehead atoms. The molecule has 2 atom stereocenters. The second-order valence-corrected chi connectivity index (χ2v) is 9.10. The molecule has 33 heavy (non-hydrogen) atoms. The van der Waals surface area contributed by atoms with Gasteiger partial charge in [0.15, 0.2) is 0 Å². The van der Waals surface area contributed by atoms with E-state index in [2.05, 4.69) is 30.3 Å². The van der Waals surface area contributed by atoms with Gasteiger partial charge < -0.3 is 15.7 Å². The van der Waals surface area contributed by atoms with Gasteiger partial charge in [0.2, 0.25) is 11.9 Å². The zero-order valence-corrected chi connectivity index (χ0v) is 18.2. The quantitative estimate of drug-likeness (QED) is 0.534. The van der Waals surface area contributed by atoms with Crippen molar-refractivity contribution < 1.29 is 13.9 Å². The number of halogens is 2. The van der Waals surface area contributed by atoms with Crippen LogP contribution in [0.15, 0.2) is 36.8 Å². The van der Waals surface area contributed by atoms with Crippen LogP contribution in [0, 0.1) is 0 Å². The third kappa shape index (κ3) is 4.80. The van der Waals surface area contributed by atoms with Crippen LogP contribution >= 0.6 is 0 Å². The van der Waals surface area contributed by atoms with Crippen molar-refractivity contribution >= 4 is 5.95 Å². The minimum Gasteiger partial charge on any atom is -0.507 e. The Labute approximate surface area is 190 Å². The van der Waals surface area contributed by atoms with Gasteiger partial charge in [0.05, 0.1) is 12.4 Å². The highest BCUT2D eigenvalue weighted by Gasteiger charge is 2.40. The average Bonchev–Trinajstić information content (AvgIpc) is 3.44. The van der Waals surface area contributed by atoms with Gasteiger partial charge in [0.1, 0.15) is 11.4 Å². The van der Waals surface area contributed by atoms with Crippen molar-refractivity contribution in [3.63, 3.8) is 0 Å². The maximum atomic E-state index is 13.9. The SMILES string of the molecule is N[C@@H]1C[C@@H](N(c2ncc(-c3ccc(-c4cn[nH]c4)cc3O)nn2)C2CC2)CCCC(F)(F)C1. The number of benzene rings is 1. The summed E-state index contributed by atoms with van der Waals surface area (Å²) in [4.78, 5) is 6.68. The summed E-state index contributed by atoms with van der Waals surface area (Å²) in [5.41, 5.74) is 8.76. The molecule has 5 rings (SSSR count). The summed E-state index contributed by atoms with van der Waals surface area (Å²) in [5, 5.41) is 25.9. The standard InChI is InChI=1S/C23H27F2N7O/c24-23(25)7-1-2-18(9-16(26)10-23)32(17-4-5-17)22-27-13-20(30-31-22)19-6-3-14(8-21(19)33)15-11-28-29-12-15/h3,6,8,11-13,16-18,33H,1-2,4-5,7,9-10,26H2,(H,28,29)/t16-,18+/m1/s1. The molecule has 2 saturated carbocycles. The molecule has 2 aliphatic carbocycles. The first kappa shape index (κ1) is 21.7. The van der Waals surface area contributed by atoms with E-state index in [-0.39, 0.29) is 30.7 Å². The number of phenols is 1. The van der Waals surface area contributed by atoms with Gasteiger partial charge in [-0.2, -0.15) is 5.10 Å². The zero-order chi connectivity index (χ0) is 23.0. The van der Waals surface area contributed by atoms with E-state index in [1.165, 1.54) is 0 Å². The molecular weight excluding hydrogens is 428 g/mol. The van der Waals surface area contributed by atoms with Crippen LogP contribution in [0.5, 0.6) is 5.75 Å². The highest BCUT2D eigenvalue weighted by Crippen LogP contribution is 2.38. The van der Waals surface area contributed by atoms with Crippen LogP contribution in [-0.2, 0) is 0 Å². The number of alkyl halides is 2. The van der Waals surface area contributed by atoms with Crippen LogP contribution in [0.4, 0.5) is 14.7 Å². The van der Waals surface area contributed by atoms with Crippen molar-refractivity contribution in [3.8, 4) is 28.1 Å². The van der Waals surface area contributed by atoms with Gasteiger partial charge in [-0.1, -0.05) is 6.07 Å². The zero-order valence-electron chi connectivity index (χ0n) is 18.2. The highest BCUT2D eigenvalue weighted by atomic mass is 19.3. The van der Waals surface area contributed by atoms with Crippen molar-refractivity contribution in [1.29, 1.82) is 0 Å². The second kappa shape index (κ2) is 8.66. The van der Waals surface area contributed by atoms with Crippen molar-refractivity contribution in [2.45, 2.75) is 69.0 Å². The predicted molar refractivity (Wildman–Crippen MR) is 120 cm³/mol. The lowest BCUT2D eigenvalue weighted by molar-refractivity contribution is -0.0298. The predicted octanol–water partition coefficient (Wildman–Crippen LogP) is 3.90. The fourth-order valence-corrected chi connectivity index (χ4v) is 4.71. The lowest BCUT2D eigenvalue weighted by Crippen LogP contribution is -2.45. The van der Waals surface area contributed by atoms with Gasteiger partial charge in [-0.3, -0.25) is 5.10 Å². The van der Waals surface area contributed by atoms with Crippen LogP contribution in [0.1, 0.15) is 44.9 Å². The van der Waals surface area contributed by atoms with Gasteiger partial charge in [-0.05, 0) is 49.8 Å². The number of nitrogens with one attached hydrogen (secondary N) is 1. The van der Waals surface area contributed by atoms with Crippen molar-refractivity contribution in [2.24, 2.45) is 5.73 Å². The molecule has 0 unspecified atom stereocenters. The fourth-order valence-electron chi connectivity index (χ4n) is 4.71. The molecule has 0 spiro atoms. The Morgan fingerprint density at radius 3 is 2.61 bits per heavy atom. The molecule has 2 aromatic heterocycles. The number of hydrogen-bond acceptors (Lipinski definition) is 7. The number of aromatic nitrogens is 5. The molecule has 2 heterocycles. The van der Waals surface area contributed by atoms with Crippen LogP contribution in [0.3, 0.4) is 0 Å². The number of phenolic OH excluding ortho intramolecular Hbond substituents is 1. The molecule has 4 N–H and O–H groups in total. The van der Waals surface area contributed by atoms with Crippen LogP contribution in [0.2, 0.25) is 0 Å². The Hall–Kier alpha value is -3.14. The van der Waals surface area contributed by atoms with E-state index >= 15 is 0 Å². The van der Waals surface area contributed by atoms with Crippen LogP contribution < -0.4 is 10.6 Å². The molecular formula is C23H27F2N7O. The summed E-state index contributed by atoms with van der Waals surface area (Å²) in [6.45, 7) is 0. The van der Waals surface area contributed by atoms with Gasteiger partial charge in [0.25, 0.3) is 0 Å². The number of H-pyrrole nitrogens is 1. The van der Waals surface area contributed by atoms with Gasteiger partial charge >= 0.3 is 0 Å². The summed E-state index contributed by atoms with van der Waals surface area (Å²) in [7, 11) is 0. The molecule has 0 aliphatic heterocycles. The topological polar surface area (TPSA) is 117 Å². The fraction of sp³-hybridized carbons (Fsp3) is 0.478. The summed E-state index contributed by atoms with van der Waals surface area (Å²) in [5.74, 6) is -2.13. The third-order valence-electron chi connectivity index (χ3n) is 6.43. The van der Waals surface area contributed by atoms with Gasteiger partial charge in [-0.15, -0.1) is 10.2 Å². The molecule has 0 amide bonds. The summed E-state index contributed by atoms with van der Waals surface area (Å²) in [6.07, 6.45) is 8.19. The summed E-state index contributed by atoms with van der Waals surface area (Å²) >= 11 is 0. The van der Waals surface area contributed by atoms with Crippen LogP contribution in [0.25, 0.3) is 22.4 Å². The lowest BCUT2D eigenvalue weighted by atomic mass is 9.90. The average molecular weight is 456 g/mol. The van der Waals surface area contributed by atoms with Crippen molar-refractivity contribution in [1.82, 2.24) is 25.4 Å². The van der Waals surface area contributed by atoms with E-state index < -0.39 is 12.0 Å². The van der Waals surface area contributed by atoms with Crippen LogP contribution in [-0.4, -0.2) is 54.5 Å². The number of aromatic hydroxyl groups is 1. The number of nitrogens with zero attached hydrogens (tertiary/aromatic N) is 5. The maximum Gasteiger partial charge on any atom is 0.249 e. The minimum atomic E-state index is -2.69. The van der Waals surface area contributed by atoms with Gasteiger partial charge in [0, 0.05) is 48.3 Å². The number of hydrogen-bond donors (Lipinski definition) is 3. The number of rotatable bonds is 5. The lowest BCUT2D eigenvalue weighted by Gasteiger charge is -2.36. The second-order valence-electron chi connectivity index (χ2n) is 9.10. The smallest absolute Gasteiger partial charge is 0.249 e. The Balaban J connectivity index is 1.36.